The third kappa shape index (κ3) is 8.10. The number of nitrogens with one attached hydrogen (secondary N) is 2. The Morgan fingerprint density at radius 3 is 1.78 bits per heavy atom. The first-order valence-corrected chi connectivity index (χ1v) is 17.2. The molecule has 2 aliphatic carbocycles. The molecule has 6 rings (SSSR count). The van der Waals surface area contributed by atoms with Crippen molar-refractivity contribution in [1.82, 2.24) is 10.6 Å². The Kier molecular flexibility index (Phi) is 11.4. The Balaban J connectivity index is 0.000000181. The van der Waals surface area contributed by atoms with Crippen molar-refractivity contribution in [3.63, 3.8) is 0 Å². The van der Waals surface area contributed by atoms with Crippen LogP contribution >= 0.6 is 55.1 Å². The number of amides is 2. The number of benzene rings is 4. The zero-order valence-corrected chi connectivity index (χ0v) is 30.1. The van der Waals surface area contributed by atoms with Crippen molar-refractivity contribution in [1.29, 1.82) is 0 Å². The van der Waals surface area contributed by atoms with Crippen LogP contribution in [0.2, 0.25) is 10.0 Å². The Labute approximate surface area is 296 Å². The number of fused-ring (bicyclic) bond motifs is 2. The number of aryl methyl sites for hydroxylation is 1. The standard InChI is InChI=1S/C19H17BrClNO.C19H15BrClNO/c2*1-22-19(23)18-13(5-2-12-3-7-16(21)8-4-12)10-14-11-15(20)6-9-17(14)18/h3-4,6-9,11H,2,5,10H2,1H3,(H,22,23);2-9,11H,10H2,1H3,(H,22,23)/b;5-2+. The molecule has 0 spiro atoms. The maximum absolute atomic E-state index is 12.3. The van der Waals surface area contributed by atoms with Crippen LogP contribution in [-0.2, 0) is 28.9 Å². The fraction of sp³-hybridized carbons (Fsp3) is 0.158. The van der Waals surface area contributed by atoms with Crippen LogP contribution in [0.25, 0.3) is 17.2 Å². The number of halogens is 4. The minimum atomic E-state index is -0.0539. The van der Waals surface area contributed by atoms with Crippen molar-refractivity contribution in [2.24, 2.45) is 0 Å². The number of hydrogen-bond acceptors (Lipinski definition) is 2. The molecule has 46 heavy (non-hydrogen) atoms. The average Bonchev–Trinajstić information content (AvgIpc) is 3.60. The molecule has 4 nitrogen and oxygen atoms in total. The Morgan fingerprint density at radius 2 is 1.20 bits per heavy atom. The van der Waals surface area contributed by atoms with Crippen LogP contribution in [-0.4, -0.2) is 25.9 Å². The van der Waals surface area contributed by atoms with E-state index in [4.69, 9.17) is 23.2 Å². The summed E-state index contributed by atoms with van der Waals surface area (Å²) in [5.74, 6) is -0.0565. The van der Waals surface area contributed by atoms with Crippen LogP contribution in [0.1, 0.15) is 39.8 Å². The molecule has 2 N–H and O–H groups in total. The van der Waals surface area contributed by atoms with Gasteiger partial charge in [-0.3, -0.25) is 9.59 Å². The third-order valence-corrected chi connectivity index (χ3v) is 9.51. The SMILES string of the molecule is CNC(=O)C1=C(/C=C/c2ccc(Cl)cc2)Cc2cc(Br)ccc21.CNC(=O)C1=C(CCc2ccc(Cl)cc2)Cc2cc(Br)ccc21. The molecule has 0 unspecified atom stereocenters. The van der Waals surface area contributed by atoms with Gasteiger partial charge < -0.3 is 10.6 Å². The molecule has 0 aliphatic heterocycles. The van der Waals surface area contributed by atoms with Gasteiger partial charge >= 0.3 is 0 Å². The minimum Gasteiger partial charge on any atom is -0.355 e. The summed E-state index contributed by atoms with van der Waals surface area (Å²) in [6, 6.07) is 27.7. The Morgan fingerprint density at radius 1 is 0.674 bits per heavy atom. The lowest BCUT2D eigenvalue weighted by atomic mass is 10.00. The fourth-order valence-corrected chi connectivity index (χ4v) is 6.82. The molecular weight excluding hydrogens is 747 g/mol. The van der Waals surface area contributed by atoms with Gasteiger partial charge in [-0.25, -0.2) is 0 Å². The molecule has 0 radical (unpaired) electrons. The van der Waals surface area contributed by atoms with E-state index in [0.717, 1.165) is 78.6 Å². The van der Waals surface area contributed by atoms with Gasteiger partial charge in [0.15, 0.2) is 0 Å². The summed E-state index contributed by atoms with van der Waals surface area (Å²) >= 11 is 18.8. The van der Waals surface area contributed by atoms with E-state index in [1.165, 1.54) is 16.7 Å². The molecule has 0 bridgehead atoms. The molecule has 0 saturated carbocycles. The predicted octanol–water partition coefficient (Wildman–Crippen LogP) is 9.66. The van der Waals surface area contributed by atoms with Crippen molar-refractivity contribution in [2.75, 3.05) is 14.1 Å². The van der Waals surface area contributed by atoms with E-state index in [2.05, 4.69) is 54.6 Å². The fourth-order valence-electron chi connectivity index (χ4n) is 5.75. The van der Waals surface area contributed by atoms with E-state index in [1.54, 1.807) is 14.1 Å². The molecule has 2 amide bonds. The first kappa shape index (κ1) is 33.9. The lowest BCUT2D eigenvalue weighted by Crippen LogP contribution is -2.19. The van der Waals surface area contributed by atoms with Crippen LogP contribution in [0.4, 0.5) is 0 Å². The Bertz CT molecular complexity index is 1880. The molecular formula is C38H32Br2Cl2N2O2. The van der Waals surface area contributed by atoms with Crippen molar-refractivity contribution in [3.05, 3.63) is 155 Å². The highest BCUT2D eigenvalue weighted by Gasteiger charge is 2.26. The molecule has 0 aromatic heterocycles. The summed E-state index contributed by atoms with van der Waals surface area (Å²) in [5.41, 5.74) is 10.5. The van der Waals surface area contributed by atoms with Gasteiger partial charge in [-0.05, 0) is 113 Å². The first-order chi connectivity index (χ1) is 22.2. The highest BCUT2D eigenvalue weighted by Crippen LogP contribution is 2.37. The van der Waals surface area contributed by atoms with Crippen LogP contribution in [0, 0.1) is 0 Å². The van der Waals surface area contributed by atoms with Crippen molar-refractivity contribution in [2.45, 2.75) is 25.7 Å². The number of likely N-dealkylation sites (N-methyl/N-ethyl adjacent to an activating group) is 2. The van der Waals surface area contributed by atoms with Crippen LogP contribution in [0.5, 0.6) is 0 Å². The number of hydrogen-bond donors (Lipinski definition) is 2. The van der Waals surface area contributed by atoms with Gasteiger partial charge in [0.1, 0.15) is 0 Å². The lowest BCUT2D eigenvalue weighted by molar-refractivity contribution is -0.116. The quantitative estimate of drug-likeness (QED) is 0.196. The summed E-state index contributed by atoms with van der Waals surface area (Å²) in [5, 5.41) is 6.97. The average molecular weight is 779 g/mol. The molecule has 0 heterocycles. The predicted molar refractivity (Wildman–Crippen MR) is 198 cm³/mol. The summed E-state index contributed by atoms with van der Waals surface area (Å²) in [6.07, 6.45) is 7.39. The molecule has 0 fully saturated rings. The van der Waals surface area contributed by atoms with Gasteiger partial charge in [-0.2, -0.15) is 0 Å². The topological polar surface area (TPSA) is 58.2 Å². The summed E-state index contributed by atoms with van der Waals surface area (Å²) in [7, 11) is 3.34. The second-order valence-electron chi connectivity index (χ2n) is 11.0. The largest absolute Gasteiger partial charge is 0.355 e. The van der Waals surface area contributed by atoms with E-state index in [9.17, 15) is 9.59 Å². The van der Waals surface area contributed by atoms with Crippen LogP contribution < -0.4 is 10.6 Å². The molecule has 8 heteroatoms. The van der Waals surface area contributed by atoms with Gasteiger partial charge in [0.2, 0.25) is 0 Å². The van der Waals surface area contributed by atoms with Gasteiger partial charge in [0, 0.05) is 38.7 Å². The number of allylic oxidation sites excluding steroid dienone is 3. The first-order valence-electron chi connectivity index (χ1n) is 14.8. The van der Waals surface area contributed by atoms with Crippen molar-refractivity contribution in [3.8, 4) is 0 Å². The zero-order chi connectivity index (χ0) is 32.8. The highest BCUT2D eigenvalue weighted by molar-refractivity contribution is 9.10. The van der Waals surface area contributed by atoms with Crippen LogP contribution in [0.15, 0.2) is 111 Å². The van der Waals surface area contributed by atoms with Crippen molar-refractivity contribution >= 4 is 84.1 Å². The van der Waals surface area contributed by atoms with E-state index < -0.39 is 0 Å². The van der Waals surface area contributed by atoms with E-state index in [1.807, 2.05) is 84.9 Å². The molecule has 0 saturated heterocycles. The lowest BCUT2D eigenvalue weighted by Gasteiger charge is -2.08. The molecule has 0 atom stereocenters. The minimum absolute atomic E-state index is 0.00261. The normalized spacial score (nSPS) is 13.3. The number of carbonyl (C=O) groups is 2. The van der Waals surface area contributed by atoms with Crippen molar-refractivity contribution < 1.29 is 9.59 Å². The second-order valence-corrected chi connectivity index (χ2v) is 13.7. The van der Waals surface area contributed by atoms with E-state index in [0.29, 0.717) is 5.02 Å². The van der Waals surface area contributed by atoms with Gasteiger partial charge in [-0.15, -0.1) is 0 Å². The number of carbonyl (C=O) groups excluding carboxylic acids is 2. The molecule has 234 valence electrons. The van der Waals surface area contributed by atoms with E-state index in [-0.39, 0.29) is 11.8 Å². The van der Waals surface area contributed by atoms with Crippen LogP contribution in [0.3, 0.4) is 0 Å². The number of rotatable bonds is 7. The van der Waals surface area contributed by atoms with Gasteiger partial charge in [0.05, 0.1) is 5.57 Å². The smallest absolute Gasteiger partial charge is 0.251 e. The summed E-state index contributed by atoms with van der Waals surface area (Å²) in [6.45, 7) is 0. The zero-order valence-electron chi connectivity index (χ0n) is 25.4. The Hall–Kier alpha value is -3.42. The van der Waals surface area contributed by atoms with Gasteiger partial charge in [0.25, 0.3) is 11.8 Å². The summed E-state index contributed by atoms with van der Waals surface area (Å²) < 4.78 is 2.07. The molecule has 2 aliphatic rings. The highest BCUT2D eigenvalue weighted by atomic mass is 79.9. The summed E-state index contributed by atoms with van der Waals surface area (Å²) in [4.78, 5) is 24.6. The molecule has 4 aromatic carbocycles. The van der Waals surface area contributed by atoms with E-state index >= 15 is 0 Å². The maximum atomic E-state index is 12.3. The molecule has 4 aromatic rings. The van der Waals surface area contributed by atoms with Gasteiger partial charge in [-0.1, -0.05) is 109 Å². The second kappa shape index (κ2) is 15.4. The maximum Gasteiger partial charge on any atom is 0.251 e. The monoisotopic (exact) mass is 776 g/mol. The third-order valence-electron chi connectivity index (χ3n) is 8.02.